The predicted octanol–water partition coefficient (Wildman–Crippen LogP) is 5.99. The van der Waals surface area contributed by atoms with Crippen molar-refractivity contribution >= 4 is 0 Å². The number of rotatable bonds is 7. The molecule has 0 radical (unpaired) electrons. The maximum atomic E-state index is 12.2. The summed E-state index contributed by atoms with van der Waals surface area (Å²) in [6.45, 7) is 6.22. The van der Waals surface area contributed by atoms with Crippen LogP contribution in [0.2, 0.25) is 0 Å². The van der Waals surface area contributed by atoms with E-state index in [1.807, 2.05) is 36.4 Å². The molecule has 4 heterocycles. The highest BCUT2D eigenvalue weighted by atomic mass is 16.5. The lowest BCUT2D eigenvalue weighted by molar-refractivity contribution is -0.959. The molecule has 36 heavy (non-hydrogen) atoms. The van der Waals surface area contributed by atoms with Gasteiger partial charge in [-0.05, 0) is 43.4 Å². The van der Waals surface area contributed by atoms with Gasteiger partial charge in [-0.3, -0.25) is 0 Å². The van der Waals surface area contributed by atoms with Crippen molar-refractivity contribution in [2.24, 2.45) is 11.8 Å². The molecule has 2 aromatic carbocycles. The summed E-state index contributed by atoms with van der Waals surface area (Å²) in [5.41, 5.74) is 1.75. The zero-order chi connectivity index (χ0) is 24.6. The second-order valence-corrected chi connectivity index (χ2v) is 11.6. The maximum Gasteiger partial charge on any atom is 0.191 e. The van der Waals surface area contributed by atoms with Crippen LogP contribution in [-0.4, -0.2) is 40.5 Å². The average molecular weight is 488 g/mol. The summed E-state index contributed by atoms with van der Waals surface area (Å²) >= 11 is 0. The SMILES string of the molecule is Cc1ccc(O[C@H]2C[N+]3(Cc4cc(C(O)(c5ccccc5)C5CCCCC5)no4)CCC2CC3)cc1. The van der Waals surface area contributed by atoms with Gasteiger partial charge in [0.05, 0.1) is 13.1 Å². The Morgan fingerprint density at radius 1 is 0.972 bits per heavy atom. The molecule has 190 valence electrons. The predicted molar refractivity (Wildman–Crippen MR) is 139 cm³/mol. The molecule has 1 aromatic heterocycles. The van der Waals surface area contributed by atoms with Crippen molar-refractivity contribution in [3.05, 3.63) is 83.2 Å². The third-order valence-electron chi connectivity index (χ3n) is 9.20. The summed E-state index contributed by atoms with van der Waals surface area (Å²) in [6, 6.07) is 20.6. The fraction of sp³-hybridized carbons (Fsp3) is 0.516. The topological polar surface area (TPSA) is 55.5 Å². The van der Waals surface area contributed by atoms with Crippen LogP contribution in [0.4, 0.5) is 0 Å². The van der Waals surface area contributed by atoms with Crippen LogP contribution in [0.5, 0.6) is 5.75 Å². The van der Waals surface area contributed by atoms with Crippen molar-refractivity contribution < 1.29 is 18.8 Å². The monoisotopic (exact) mass is 487 g/mol. The van der Waals surface area contributed by atoms with Gasteiger partial charge < -0.3 is 18.8 Å². The normalized spacial score (nSPS) is 28.1. The molecule has 5 nitrogen and oxygen atoms in total. The summed E-state index contributed by atoms with van der Waals surface area (Å²) in [4.78, 5) is 0. The van der Waals surface area contributed by atoms with E-state index in [9.17, 15) is 5.11 Å². The molecular weight excluding hydrogens is 448 g/mol. The van der Waals surface area contributed by atoms with Crippen LogP contribution >= 0.6 is 0 Å². The highest BCUT2D eigenvalue weighted by molar-refractivity contribution is 5.33. The maximum absolute atomic E-state index is 12.2. The van der Waals surface area contributed by atoms with Gasteiger partial charge in [-0.1, -0.05) is 72.4 Å². The van der Waals surface area contributed by atoms with Crippen LogP contribution in [0.15, 0.2) is 65.2 Å². The third kappa shape index (κ3) is 4.48. The van der Waals surface area contributed by atoms with Crippen LogP contribution in [0, 0.1) is 18.8 Å². The Morgan fingerprint density at radius 3 is 2.42 bits per heavy atom. The number of piperidine rings is 3. The minimum absolute atomic E-state index is 0.164. The van der Waals surface area contributed by atoms with Crippen molar-refractivity contribution in [2.45, 2.75) is 70.1 Å². The van der Waals surface area contributed by atoms with E-state index in [-0.39, 0.29) is 12.0 Å². The fourth-order valence-corrected chi connectivity index (χ4v) is 7.07. The summed E-state index contributed by atoms with van der Waals surface area (Å²) in [7, 11) is 0. The van der Waals surface area contributed by atoms with E-state index >= 15 is 0 Å². The molecule has 1 saturated carbocycles. The largest absolute Gasteiger partial charge is 0.484 e. The van der Waals surface area contributed by atoms with Gasteiger partial charge in [0, 0.05) is 24.8 Å². The van der Waals surface area contributed by atoms with Gasteiger partial charge in [0.25, 0.3) is 0 Å². The Balaban J connectivity index is 1.23. The van der Waals surface area contributed by atoms with Crippen LogP contribution in [-0.2, 0) is 12.1 Å². The summed E-state index contributed by atoms with van der Waals surface area (Å²) < 4.78 is 13.5. The Kier molecular flexibility index (Phi) is 6.38. The van der Waals surface area contributed by atoms with Gasteiger partial charge in [-0.15, -0.1) is 0 Å². The van der Waals surface area contributed by atoms with Gasteiger partial charge in [0.15, 0.2) is 11.9 Å². The molecule has 3 aromatic rings. The molecular formula is C31H39N2O3+. The van der Waals surface area contributed by atoms with Crippen LogP contribution in [0.1, 0.15) is 67.5 Å². The van der Waals surface area contributed by atoms with Crippen LogP contribution < -0.4 is 4.74 Å². The summed E-state index contributed by atoms with van der Waals surface area (Å²) in [5, 5.41) is 16.7. The number of ether oxygens (including phenoxy) is 1. The number of aliphatic hydroxyl groups is 1. The lowest BCUT2D eigenvalue weighted by Crippen LogP contribution is -2.64. The lowest BCUT2D eigenvalue weighted by Gasteiger charge is -2.51. The number of hydrogen-bond donors (Lipinski definition) is 1. The molecule has 0 spiro atoms. The minimum Gasteiger partial charge on any atom is -0.484 e. The zero-order valence-corrected chi connectivity index (χ0v) is 21.4. The van der Waals surface area contributed by atoms with E-state index in [0.29, 0.717) is 11.6 Å². The number of quaternary nitrogens is 1. The Hall–Kier alpha value is -2.63. The van der Waals surface area contributed by atoms with Gasteiger partial charge in [-0.25, -0.2) is 0 Å². The second-order valence-electron chi connectivity index (χ2n) is 11.6. The van der Waals surface area contributed by atoms with E-state index in [2.05, 4.69) is 36.3 Å². The quantitative estimate of drug-likeness (QED) is 0.416. The zero-order valence-electron chi connectivity index (χ0n) is 21.4. The first-order chi connectivity index (χ1) is 17.5. The molecule has 3 saturated heterocycles. The van der Waals surface area contributed by atoms with Gasteiger partial charge in [-0.2, -0.15) is 0 Å². The Morgan fingerprint density at radius 2 is 1.69 bits per heavy atom. The lowest BCUT2D eigenvalue weighted by atomic mass is 9.71. The smallest absolute Gasteiger partial charge is 0.191 e. The van der Waals surface area contributed by atoms with Crippen molar-refractivity contribution in [2.75, 3.05) is 19.6 Å². The van der Waals surface area contributed by atoms with E-state index in [4.69, 9.17) is 9.26 Å². The molecule has 5 heteroatoms. The van der Waals surface area contributed by atoms with Gasteiger partial charge in [0.1, 0.15) is 30.1 Å². The molecule has 0 amide bonds. The van der Waals surface area contributed by atoms with Gasteiger partial charge in [0.2, 0.25) is 0 Å². The summed E-state index contributed by atoms with van der Waals surface area (Å²) in [5.74, 6) is 2.65. The number of fused-ring (bicyclic) bond motifs is 3. The average Bonchev–Trinajstić information content (AvgIpc) is 3.39. The first-order valence-electron chi connectivity index (χ1n) is 13.9. The molecule has 2 atom stereocenters. The molecule has 1 unspecified atom stereocenters. The summed E-state index contributed by atoms with van der Waals surface area (Å²) in [6.07, 6.45) is 8.22. The number of aromatic nitrogens is 1. The Labute approximate surface area is 214 Å². The number of aryl methyl sites for hydroxylation is 1. The molecule has 2 bridgehead atoms. The molecule has 3 aliphatic heterocycles. The number of nitrogens with zero attached hydrogens (tertiary/aromatic N) is 2. The minimum atomic E-state index is -1.10. The highest BCUT2D eigenvalue weighted by Gasteiger charge is 2.48. The molecule has 4 aliphatic rings. The van der Waals surface area contributed by atoms with E-state index in [1.54, 1.807) is 0 Å². The molecule has 7 rings (SSSR count). The van der Waals surface area contributed by atoms with Crippen molar-refractivity contribution in [3.8, 4) is 5.75 Å². The first kappa shape index (κ1) is 23.7. The van der Waals surface area contributed by atoms with E-state index < -0.39 is 5.60 Å². The Bertz CT molecular complexity index is 1140. The van der Waals surface area contributed by atoms with Gasteiger partial charge >= 0.3 is 0 Å². The van der Waals surface area contributed by atoms with Crippen molar-refractivity contribution in [1.82, 2.24) is 5.16 Å². The molecule has 4 fully saturated rings. The number of benzene rings is 2. The third-order valence-corrected chi connectivity index (χ3v) is 9.20. The fourth-order valence-electron chi connectivity index (χ4n) is 7.07. The number of hydrogen-bond acceptors (Lipinski definition) is 4. The molecule has 1 aliphatic carbocycles. The van der Waals surface area contributed by atoms with E-state index in [0.717, 1.165) is 73.4 Å². The first-order valence-corrected chi connectivity index (χ1v) is 13.9. The van der Waals surface area contributed by atoms with Crippen molar-refractivity contribution in [3.63, 3.8) is 0 Å². The van der Waals surface area contributed by atoms with Crippen LogP contribution in [0.3, 0.4) is 0 Å². The van der Waals surface area contributed by atoms with E-state index in [1.165, 1.54) is 24.8 Å². The standard InChI is InChI=1S/C31H39N2O3/c1-23-12-14-27(15-13-23)35-29-22-33(18-16-24(29)17-19-33)21-28-20-30(32-36-28)31(34,25-8-4-2-5-9-25)26-10-6-3-7-11-26/h2,4-5,8-9,12-15,20,24,26,29,34H,3,6-7,10-11,16-19,21-22H2,1H3/q+1/t24?,29-,31?,33?/m0/s1. The molecule has 1 N–H and O–H groups in total. The highest BCUT2D eigenvalue weighted by Crippen LogP contribution is 2.44. The van der Waals surface area contributed by atoms with Crippen molar-refractivity contribution in [1.29, 1.82) is 0 Å². The van der Waals surface area contributed by atoms with Crippen LogP contribution in [0.25, 0.3) is 0 Å². The second kappa shape index (κ2) is 9.68.